The van der Waals surface area contributed by atoms with Crippen LogP contribution in [-0.4, -0.2) is 50.3 Å². The first-order chi connectivity index (χ1) is 14.6. The number of nitrogens with two attached hydrogens (primary N) is 1. The molecule has 0 radical (unpaired) electrons. The number of nitrogens with one attached hydrogen (secondary N) is 1. The number of esters is 1. The van der Waals surface area contributed by atoms with Crippen LogP contribution in [-0.2, 0) is 24.3 Å². The van der Waals surface area contributed by atoms with E-state index in [4.69, 9.17) is 9.88 Å². The topological polar surface area (TPSA) is 136 Å². The second kappa shape index (κ2) is 9.58. The number of nitrogens with zero attached hydrogens (tertiary/aromatic N) is 1. The molecule has 1 unspecified atom stereocenters. The number of ether oxygens (including phenoxy) is 1. The van der Waals surface area contributed by atoms with Crippen LogP contribution in [0, 0.1) is 5.92 Å². The van der Waals surface area contributed by atoms with E-state index in [1.54, 1.807) is 11.0 Å². The van der Waals surface area contributed by atoms with E-state index in [1.807, 2.05) is 11.4 Å². The maximum atomic E-state index is 12.5. The number of carbonyl (C=O) groups excluding carboxylic acids is 3. The van der Waals surface area contributed by atoms with Gasteiger partial charge in [-0.2, -0.15) is 0 Å². The lowest BCUT2D eigenvalue weighted by Gasteiger charge is -2.31. The third-order valence-electron chi connectivity index (χ3n) is 4.94. The smallest absolute Gasteiger partial charge is 0.309 e. The number of piperidine rings is 1. The van der Waals surface area contributed by atoms with Gasteiger partial charge in [-0.15, -0.1) is 11.3 Å². The fraction of sp³-hybridized carbons (Fsp3) is 0.350. The Bertz CT molecular complexity index is 1060. The van der Waals surface area contributed by atoms with E-state index in [9.17, 15) is 22.8 Å². The Hall–Kier alpha value is -2.76. The SMILES string of the molecule is CC(OC(=O)C1CCN(C(=O)c2cccs2)CC1)C(=O)Nc1cccc(S(N)(=O)=O)c1. The fourth-order valence-electron chi connectivity index (χ4n) is 3.19. The zero-order valence-electron chi connectivity index (χ0n) is 16.8. The maximum Gasteiger partial charge on any atom is 0.309 e. The van der Waals surface area contributed by atoms with E-state index < -0.39 is 33.9 Å². The highest BCUT2D eigenvalue weighted by molar-refractivity contribution is 7.89. The molecule has 166 valence electrons. The first kappa shape index (κ1) is 22.9. The molecule has 1 aromatic heterocycles. The summed E-state index contributed by atoms with van der Waals surface area (Å²) in [5.41, 5.74) is 0.222. The fourth-order valence-corrected chi connectivity index (χ4v) is 4.44. The number of hydrogen-bond acceptors (Lipinski definition) is 7. The summed E-state index contributed by atoms with van der Waals surface area (Å²) in [6.07, 6.45) is -0.155. The third-order valence-corrected chi connectivity index (χ3v) is 6.71. The van der Waals surface area contributed by atoms with Gasteiger partial charge in [-0.1, -0.05) is 12.1 Å². The van der Waals surface area contributed by atoms with Gasteiger partial charge in [0.25, 0.3) is 11.8 Å². The first-order valence-corrected chi connectivity index (χ1v) is 12.0. The third kappa shape index (κ3) is 5.90. The number of hydrogen-bond donors (Lipinski definition) is 2. The summed E-state index contributed by atoms with van der Waals surface area (Å²) in [7, 11) is -3.90. The zero-order valence-corrected chi connectivity index (χ0v) is 18.4. The summed E-state index contributed by atoms with van der Waals surface area (Å²) in [6.45, 7) is 2.32. The van der Waals surface area contributed by atoms with Crippen LogP contribution in [0.5, 0.6) is 0 Å². The van der Waals surface area contributed by atoms with Crippen molar-refractivity contribution in [2.45, 2.75) is 30.8 Å². The number of amides is 2. The van der Waals surface area contributed by atoms with Gasteiger partial charge in [-0.25, -0.2) is 13.6 Å². The van der Waals surface area contributed by atoms with Crippen molar-refractivity contribution in [3.05, 3.63) is 46.7 Å². The molecule has 1 aromatic carbocycles. The van der Waals surface area contributed by atoms with Crippen molar-refractivity contribution in [3.63, 3.8) is 0 Å². The molecule has 2 heterocycles. The first-order valence-electron chi connectivity index (χ1n) is 9.62. The quantitative estimate of drug-likeness (QED) is 0.625. The Morgan fingerprint density at radius 2 is 1.90 bits per heavy atom. The molecule has 1 aliphatic heterocycles. The number of primary sulfonamides is 1. The van der Waals surface area contributed by atoms with Gasteiger partial charge in [-0.3, -0.25) is 14.4 Å². The number of thiophene rings is 1. The molecule has 2 amide bonds. The summed E-state index contributed by atoms with van der Waals surface area (Å²) in [4.78, 5) is 39.4. The van der Waals surface area contributed by atoms with Gasteiger partial charge in [0.2, 0.25) is 10.0 Å². The molecule has 31 heavy (non-hydrogen) atoms. The van der Waals surface area contributed by atoms with E-state index >= 15 is 0 Å². The van der Waals surface area contributed by atoms with E-state index in [2.05, 4.69) is 5.32 Å². The van der Waals surface area contributed by atoms with E-state index in [0.29, 0.717) is 30.8 Å². The van der Waals surface area contributed by atoms with Gasteiger partial charge < -0.3 is 15.0 Å². The average molecular weight is 466 g/mol. The lowest BCUT2D eigenvalue weighted by molar-refractivity contribution is -0.158. The van der Waals surface area contributed by atoms with Gasteiger partial charge in [-0.05, 0) is 49.4 Å². The number of sulfonamides is 1. The number of benzene rings is 1. The molecule has 1 atom stereocenters. The molecule has 0 saturated carbocycles. The highest BCUT2D eigenvalue weighted by Gasteiger charge is 2.31. The monoisotopic (exact) mass is 465 g/mol. The highest BCUT2D eigenvalue weighted by Crippen LogP contribution is 2.22. The molecule has 0 aliphatic carbocycles. The average Bonchev–Trinajstić information content (AvgIpc) is 3.27. The van der Waals surface area contributed by atoms with Crippen LogP contribution in [0.4, 0.5) is 5.69 Å². The molecule has 0 spiro atoms. The predicted molar refractivity (Wildman–Crippen MR) is 115 cm³/mol. The van der Waals surface area contributed by atoms with Crippen LogP contribution in [0.25, 0.3) is 0 Å². The summed E-state index contributed by atoms with van der Waals surface area (Å²) >= 11 is 1.38. The van der Waals surface area contributed by atoms with Crippen LogP contribution < -0.4 is 10.5 Å². The number of rotatable bonds is 6. The molecule has 11 heteroatoms. The largest absolute Gasteiger partial charge is 0.452 e. The Morgan fingerprint density at radius 3 is 2.52 bits per heavy atom. The minimum absolute atomic E-state index is 0.0451. The van der Waals surface area contributed by atoms with Crippen molar-refractivity contribution >= 4 is 44.8 Å². The van der Waals surface area contributed by atoms with Crippen molar-refractivity contribution in [2.24, 2.45) is 11.1 Å². The minimum atomic E-state index is -3.90. The summed E-state index contributed by atoms with van der Waals surface area (Å²) < 4.78 is 28.2. The second-order valence-corrected chi connectivity index (χ2v) is 9.69. The van der Waals surface area contributed by atoms with Gasteiger partial charge in [0.1, 0.15) is 0 Å². The maximum absolute atomic E-state index is 12.5. The molecule has 3 rings (SSSR count). The number of likely N-dealkylation sites (tertiary alicyclic amines) is 1. The van der Waals surface area contributed by atoms with Crippen molar-refractivity contribution in [1.29, 1.82) is 0 Å². The summed E-state index contributed by atoms with van der Waals surface area (Å²) in [5, 5.41) is 9.44. The molecule has 1 fully saturated rings. The second-order valence-electron chi connectivity index (χ2n) is 7.18. The standard InChI is InChI=1S/C20H23N3O6S2/c1-13(18(24)22-15-4-2-5-16(12-15)31(21,27)28)29-20(26)14-7-9-23(10-8-14)19(25)17-6-3-11-30-17/h2-6,11-14H,7-10H2,1H3,(H,22,24)(H2,21,27,28). The molecule has 3 N–H and O–H groups in total. The van der Waals surface area contributed by atoms with Gasteiger partial charge >= 0.3 is 5.97 Å². The number of anilines is 1. The van der Waals surface area contributed by atoms with Gasteiger partial charge in [0.15, 0.2) is 6.10 Å². The van der Waals surface area contributed by atoms with Crippen LogP contribution in [0.3, 0.4) is 0 Å². The molecular weight excluding hydrogens is 442 g/mol. The molecule has 2 aromatic rings. The number of carbonyl (C=O) groups is 3. The lowest BCUT2D eigenvalue weighted by Crippen LogP contribution is -2.41. The molecular formula is C20H23N3O6S2. The molecule has 1 saturated heterocycles. The Kier molecular flexibility index (Phi) is 7.08. The van der Waals surface area contributed by atoms with Crippen LogP contribution in [0.15, 0.2) is 46.7 Å². The van der Waals surface area contributed by atoms with Crippen molar-refractivity contribution in [1.82, 2.24) is 4.90 Å². The van der Waals surface area contributed by atoms with E-state index in [1.165, 1.54) is 42.5 Å². The zero-order chi connectivity index (χ0) is 22.6. The summed E-state index contributed by atoms with van der Waals surface area (Å²) in [6, 6.07) is 9.07. The minimum Gasteiger partial charge on any atom is -0.452 e. The van der Waals surface area contributed by atoms with Crippen molar-refractivity contribution in [3.8, 4) is 0 Å². The van der Waals surface area contributed by atoms with Crippen LogP contribution in [0.1, 0.15) is 29.4 Å². The van der Waals surface area contributed by atoms with Gasteiger partial charge in [0.05, 0.1) is 15.7 Å². The Labute approximate surface area is 184 Å². The van der Waals surface area contributed by atoms with Crippen molar-refractivity contribution < 1.29 is 27.5 Å². The van der Waals surface area contributed by atoms with Gasteiger partial charge in [0, 0.05) is 18.8 Å². The molecule has 9 nitrogen and oxygen atoms in total. The predicted octanol–water partition coefficient (Wildman–Crippen LogP) is 1.82. The normalized spacial score (nSPS) is 15.9. The van der Waals surface area contributed by atoms with E-state index in [-0.39, 0.29) is 16.5 Å². The Morgan fingerprint density at radius 1 is 1.19 bits per heavy atom. The van der Waals surface area contributed by atoms with Crippen molar-refractivity contribution in [2.75, 3.05) is 18.4 Å². The summed E-state index contributed by atoms with van der Waals surface area (Å²) in [5.74, 6) is -1.53. The molecule has 0 bridgehead atoms. The van der Waals surface area contributed by atoms with E-state index in [0.717, 1.165) is 0 Å². The Balaban J connectivity index is 1.50. The highest BCUT2D eigenvalue weighted by atomic mass is 32.2. The lowest BCUT2D eigenvalue weighted by atomic mass is 9.97. The van der Waals surface area contributed by atoms with Crippen LogP contribution in [0.2, 0.25) is 0 Å². The molecule has 1 aliphatic rings. The van der Waals surface area contributed by atoms with Crippen LogP contribution >= 0.6 is 11.3 Å².